The van der Waals surface area contributed by atoms with E-state index < -0.39 is 11.9 Å². The van der Waals surface area contributed by atoms with Crippen LogP contribution in [-0.4, -0.2) is 18.6 Å². The third-order valence-corrected chi connectivity index (χ3v) is 2.85. The summed E-state index contributed by atoms with van der Waals surface area (Å²) >= 11 is 0. The Morgan fingerprint density at radius 1 is 1.32 bits per heavy atom. The lowest BCUT2D eigenvalue weighted by atomic mass is 10.2. The second-order valence-corrected chi connectivity index (χ2v) is 4.44. The smallest absolute Gasteiger partial charge is 0.261 e. The molecule has 0 aliphatic carbocycles. The van der Waals surface area contributed by atoms with Crippen molar-refractivity contribution in [3.05, 3.63) is 30.1 Å². The van der Waals surface area contributed by atoms with Gasteiger partial charge in [-0.3, -0.25) is 4.79 Å². The fourth-order valence-electron chi connectivity index (χ4n) is 1.72. The zero-order valence-corrected chi connectivity index (χ0v) is 11.6. The Morgan fingerprint density at radius 3 is 2.68 bits per heavy atom. The second kappa shape index (κ2) is 8.51. The third-order valence-electron chi connectivity index (χ3n) is 2.85. The van der Waals surface area contributed by atoms with E-state index in [0.29, 0.717) is 13.0 Å². The molecule has 0 bridgehead atoms. The monoisotopic (exact) mass is 267 g/mol. The molecule has 0 fully saturated rings. The molecule has 1 aromatic carbocycles. The van der Waals surface area contributed by atoms with Crippen molar-refractivity contribution >= 4 is 5.91 Å². The van der Waals surface area contributed by atoms with E-state index in [9.17, 15) is 9.18 Å². The summed E-state index contributed by atoms with van der Waals surface area (Å²) in [5.74, 6) is -0.500. The molecule has 0 spiro atoms. The lowest BCUT2D eigenvalue weighted by Crippen LogP contribution is -2.38. The van der Waals surface area contributed by atoms with Crippen LogP contribution in [0.1, 0.15) is 39.5 Å². The van der Waals surface area contributed by atoms with Crippen LogP contribution >= 0.6 is 0 Å². The van der Waals surface area contributed by atoms with E-state index in [0.717, 1.165) is 19.3 Å². The number of benzene rings is 1. The number of hydrogen-bond acceptors (Lipinski definition) is 2. The number of nitrogens with one attached hydrogen (secondary N) is 1. The summed E-state index contributed by atoms with van der Waals surface area (Å²) in [7, 11) is 0. The van der Waals surface area contributed by atoms with Crippen molar-refractivity contribution in [3.63, 3.8) is 0 Å². The van der Waals surface area contributed by atoms with Gasteiger partial charge in [-0.05, 0) is 25.0 Å². The number of carbonyl (C=O) groups excluding carboxylic acids is 1. The molecule has 1 amide bonds. The van der Waals surface area contributed by atoms with E-state index in [-0.39, 0.29) is 11.7 Å². The van der Waals surface area contributed by atoms with Gasteiger partial charge in [0, 0.05) is 6.54 Å². The molecule has 0 saturated heterocycles. The van der Waals surface area contributed by atoms with Gasteiger partial charge < -0.3 is 10.1 Å². The van der Waals surface area contributed by atoms with Gasteiger partial charge in [-0.25, -0.2) is 4.39 Å². The van der Waals surface area contributed by atoms with E-state index in [2.05, 4.69) is 12.2 Å². The minimum Gasteiger partial charge on any atom is -0.478 e. The maximum atomic E-state index is 13.4. The molecule has 0 aromatic heterocycles. The van der Waals surface area contributed by atoms with Gasteiger partial charge in [0.2, 0.25) is 0 Å². The van der Waals surface area contributed by atoms with Gasteiger partial charge in [0.1, 0.15) is 0 Å². The van der Waals surface area contributed by atoms with Gasteiger partial charge in [-0.2, -0.15) is 0 Å². The number of rotatable bonds is 8. The number of para-hydroxylation sites is 1. The molecule has 106 valence electrons. The van der Waals surface area contributed by atoms with Gasteiger partial charge in [0.05, 0.1) is 0 Å². The average Bonchev–Trinajstić information content (AvgIpc) is 2.42. The molecule has 3 nitrogen and oxygen atoms in total. The Bertz CT molecular complexity index is 395. The van der Waals surface area contributed by atoms with Gasteiger partial charge >= 0.3 is 0 Å². The molecule has 0 unspecified atom stereocenters. The van der Waals surface area contributed by atoms with Gasteiger partial charge in [-0.15, -0.1) is 0 Å². The van der Waals surface area contributed by atoms with Crippen LogP contribution in [0.15, 0.2) is 24.3 Å². The van der Waals surface area contributed by atoms with Crippen LogP contribution < -0.4 is 10.1 Å². The van der Waals surface area contributed by atoms with Crippen molar-refractivity contribution in [2.24, 2.45) is 0 Å². The third kappa shape index (κ3) is 5.28. The topological polar surface area (TPSA) is 38.3 Å². The summed E-state index contributed by atoms with van der Waals surface area (Å²) in [6.45, 7) is 4.60. The quantitative estimate of drug-likeness (QED) is 0.734. The Hall–Kier alpha value is -1.58. The van der Waals surface area contributed by atoms with Crippen LogP contribution in [0.2, 0.25) is 0 Å². The molecule has 0 aliphatic heterocycles. The molecule has 4 heteroatoms. The first-order valence-electron chi connectivity index (χ1n) is 6.87. The molecule has 1 rings (SSSR count). The molecule has 0 aliphatic rings. The van der Waals surface area contributed by atoms with E-state index in [1.807, 2.05) is 6.92 Å². The van der Waals surface area contributed by atoms with Crippen LogP contribution in [0.25, 0.3) is 0 Å². The second-order valence-electron chi connectivity index (χ2n) is 4.44. The summed E-state index contributed by atoms with van der Waals surface area (Å²) in [4.78, 5) is 11.9. The highest BCUT2D eigenvalue weighted by Crippen LogP contribution is 2.18. The predicted molar refractivity (Wildman–Crippen MR) is 73.6 cm³/mol. The van der Waals surface area contributed by atoms with Crippen molar-refractivity contribution in [2.45, 2.75) is 45.6 Å². The maximum absolute atomic E-state index is 13.4. The Kier molecular flexibility index (Phi) is 6.93. The number of hydrogen-bond donors (Lipinski definition) is 1. The van der Waals surface area contributed by atoms with Crippen molar-refractivity contribution in [3.8, 4) is 5.75 Å². The minimum absolute atomic E-state index is 0.123. The number of halogens is 1. The van der Waals surface area contributed by atoms with Gasteiger partial charge in [0.25, 0.3) is 5.91 Å². The van der Waals surface area contributed by atoms with E-state index in [4.69, 9.17) is 4.74 Å². The molecular weight excluding hydrogens is 245 g/mol. The highest BCUT2D eigenvalue weighted by molar-refractivity contribution is 5.81. The fraction of sp³-hybridized carbons (Fsp3) is 0.533. The zero-order valence-electron chi connectivity index (χ0n) is 11.6. The van der Waals surface area contributed by atoms with Crippen LogP contribution in [0.3, 0.4) is 0 Å². The molecule has 1 atom stereocenters. The number of ether oxygens (including phenoxy) is 1. The summed E-state index contributed by atoms with van der Waals surface area (Å²) in [6, 6.07) is 6.13. The van der Waals surface area contributed by atoms with Crippen molar-refractivity contribution in [1.29, 1.82) is 0 Å². The maximum Gasteiger partial charge on any atom is 0.261 e. The normalized spacial score (nSPS) is 11.9. The van der Waals surface area contributed by atoms with Crippen molar-refractivity contribution in [1.82, 2.24) is 5.32 Å². The summed E-state index contributed by atoms with van der Waals surface area (Å²) in [5, 5.41) is 2.82. The standard InChI is InChI=1S/C15H22FNO2/c1-3-5-8-11-17-15(18)13(4-2)19-14-10-7-6-9-12(14)16/h6-7,9-10,13H,3-5,8,11H2,1-2H3,(H,17,18)/t13-/m1/s1. The van der Waals surface area contributed by atoms with E-state index in [1.165, 1.54) is 12.1 Å². The fourth-order valence-corrected chi connectivity index (χ4v) is 1.72. The molecule has 0 saturated carbocycles. The summed E-state index contributed by atoms with van der Waals surface area (Å²) < 4.78 is 18.9. The molecule has 19 heavy (non-hydrogen) atoms. The van der Waals surface area contributed by atoms with Crippen LogP contribution in [0, 0.1) is 5.82 Å². The summed E-state index contributed by atoms with van der Waals surface area (Å²) in [5.41, 5.74) is 0. The zero-order chi connectivity index (χ0) is 14.1. The van der Waals surface area contributed by atoms with Crippen molar-refractivity contribution in [2.75, 3.05) is 6.54 Å². The molecule has 1 N–H and O–H groups in total. The van der Waals surface area contributed by atoms with Crippen molar-refractivity contribution < 1.29 is 13.9 Å². The molecular formula is C15H22FNO2. The number of unbranched alkanes of at least 4 members (excludes halogenated alkanes) is 2. The number of carbonyl (C=O) groups is 1. The van der Waals surface area contributed by atoms with Crippen LogP contribution in [-0.2, 0) is 4.79 Å². The Balaban J connectivity index is 2.48. The lowest BCUT2D eigenvalue weighted by Gasteiger charge is -2.17. The SMILES string of the molecule is CCCCCNC(=O)[C@@H](CC)Oc1ccccc1F. The first-order chi connectivity index (χ1) is 9.19. The lowest BCUT2D eigenvalue weighted by molar-refractivity contribution is -0.128. The Morgan fingerprint density at radius 2 is 2.05 bits per heavy atom. The van der Waals surface area contributed by atoms with Crippen LogP contribution in [0.4, 0.5) is 4.39 Å². The molecule has 0 heterocycles. The largest absolute Gasteiger partial charge is 0.478 e. The van der Waals surface area contributed by atoms with Gasteiger partial charge in [-0.1, -0.05) is 38.8 Å². The highest BCUT2D eigenvalue weighted by atomic mass is 19.1. The predicted octanol–water partition coefficient (Wildman–Crippen LogP) is 3.29. The van der Waals surface area contributed by atoms with Gasteiger partial charge in [0.15, 0.2) is 17.7 Å². The minimum atomic E-state index is -0.640. The average molecular weight is 267 g/mol. The summed E-state index contributed by atoms with van der Waals surface area (Å²) in [6.07, 6.45) is 3.02. The van der Waals surface area contributed by atoms with E-state index in [1.54, 1.807) is 12.1 Å². The van der Waals surface area contributed by atoms with Crippen LogP contribution in [0.5, 0.6) is 5.75 Å². The first kappa shape index (κ1) is 15.5. The number of amides is 1. The Labute approximate surface area is 114 Å². The van der Waals surface area contributed by atoms with E-state index >= 15 is 0 Å². The highest BCUT2D eigenvalue weighted by Gasteiger charge is 2.19. The molecule has 0 radical (unpaired) electrons. The first-order valence-corrected chi connectivity index (χ1v) is 6.87. The molecule has 1 aromatic rings.